The molecule has 0 radical (unpaired) electrons. The van der Waals surface area contributed by atoms with E-state index in [2.05, 4.69) is 31.9 Å². The van der Waals surface area contributed by atoms with Gasteiger partial charge < -0.3 is 9.72 Å². The van der Waals surface area contributed by atoms with Crippen molar-refractivity contribution in [1.29, 1.82) is 5.26 Å². The zero-order chi connectivity index (χ0) is 16.4. The van der Waals surface area contributed by atoms with Gasteiger partial charge in [-0.1, -0.05) is 30.0 Å². The van der Waals surface area contributed by atoms with Crippen molar-refractivity contribution >= 4 is 22.7 Å². The lowest BCUT2D eigenvalue weighted by Crippen LogP contribution is -2.16. The predicted octanol–water partition coefficient (Wildman–Crippen LogP) is 3.22. The first-order valence-electron chi connectivity index (χ1n) is 7.98. The number of para-hydroxylation sites is 1. The molecule has 0 amide bonds. The average molecular weight is 339 g/mol. The SMILES string of the molecule is N#CCSc1nnc(-c2c[nH]c3ccccc23)n1C[C@@H]1CCCO1. The van der Waals surface area contributed by atoms with Crippen molar-refractivity contribution < 1.29 is 4.74 Å². The van der Waals surface area contributed by atoms with Gasteiger partial charge in [0.15, 0.2) is 11.0 Å². The van der Waals surface area contributed by atoms with Crippen molar-refractivity contribution in [3.05, 3.63) is 30.5 Å². The molecule has 0 unspecified atom stereocenters. The van der Waals surface area contributed by atoms with E-state index in [1.165, 1.54) is 11.8 Å². The number of nitrogens with one attached hydrogen (secondary N) is 1. The van der Waals surface area contributed by atoms with Gasteiger partial charge in [0, 0.05) is 29.3 Å². The largest absolute Gasteiger partial charge is 0.376 e. The van der Waals surface area contributed by atoms with Crippen molar-refractivity contribution in [3.8, 4) is 17.5 Å². The Morgan fingerprint density at radius 2 is 2.29 bits per heavy atom. The zero-order valence-corrected chi connectivity index (χ0v) is 13.9. The third-order valence-electron chi connectivity index (χ3n) is 4.22. The van der Waals surface area contributed by atoms with Gasteiger partial charge in [0.1, 0.15) is 0 Å². The minimum atomic E-state index is 0.186. The standard InChI is InChI=1S/C17H17N5OS/c18-7-9-24-17-21-20-16(22(17)11-12-4-3-8-23-12)14-10-19-15-6-2-1-5-13(14)15/h1-2,5-6,10,12,19H,3-4,8-9,11H2/t12-/m0/s1. The van der Waals surface area contributed by atoms with E-state index in [0.717, 1.165) is 53.4 Å². The fraction of sp³-hybridized carbons (Fsp3) is 0.353. The van der Waals surface area contributed by atoms with Gasteiger partial charge in [-0.15, -0.1) is 10.2 Å². The lowest BCUT2D eigenvalue weighted by atomic mass is 10.1. The van der Waals surface area contributed by atoms with Crippen LogP contribution in [0, 0.1) is 11.3 Å². The third-order valence-corrected chi connectivity index (χ3v) is 5.06. The Kier molecular flexibility index (Phi) is 4.24. The number of aromatic nitrogens is 4. The highest BCUT2D eigenvalue weighted by molar-refractivity contribution is 7.99. The molecule has 1 saturated heterocycles. The van der Waals surface area contributed by atoms with Gasteiger partial charge >= 0.3 is 0 Å². The maximum absolute atomic E-state index is 8.88. The number of thioether (sulfide) groups is 1. The highest BCUT2D eigenvalue weighted by Gasteiger charge is 2.22. The Morgan fingerprint density at radius 1 is 1.38 bits per heavy atom. The van der Waals surface area contributed by atoms with Gasteiger partial charge in [-0.25, -0.2) is 0 Å². The van der Waals surface area contributed by atoms with Crippen LogP contribution in [0.1, 0.15) is 12.8 Å². The fourth-order valence-electron chi connectivity index (χ4n) is 3.10. The fourth-order valence-corrected chi connectivity index (χ4v) is 3.71. The van der Waals surface area contributed by atoms with E-state index in [1.807, 2.05) is 24.4 Å². The van der Waals surface area contributed by atoms with Crippen LogP contribution in [0.15, 0.2) is 35.6 Å². The second-order valence-electron chi connectivity index (χ2n) is 5.75. The zero-order valence-electron chi connectivity index (χ0n) is 13.1. The molecule has 0 aliphatic carbocycles. The Morgan fingerprint density at radius 3 is 3.12 bits per heavy atom. The Balaban J connectivity index is 1.76. The van der Waals surface area contributed by atoms with Crippen LogP contribution in [0.3, 0.4) is 0 Å². The van der Waals surface area contributed by atoms with Gasteiger partial charge in [0.2, 0.25) is 0 Å². The van der Waals surface area contributed by atoms with E-state index in [4.69, 9.17) is 10.00 Å². The molecular weight excluding hydrogens is 322 g/mol. The van der Waals surface area contributed by atoms with E-state index in [-0.39, 0.29) is 6.10 Å². The van der Waals surface area contributed by atoms with Crippen LogP contribution in [0.25, 0.3) is 22.3 Å². The van der Waals surface area contributed by atoms with Crippen LogP contribution in [0.5, 0.6) is 0 Å². The van der Waals surface area contributed by atoms with Gasteiger partial charge in [0.25, 0.3) is 0 Å². The molecule has 4 rings (SSSR count). The smallest absolute Gasteiger partial charge is 0.192 e. The lowest BCUT2D eigenvalue weighted by Gasteiger charge is -2.14. The summed E-state index contributed by atoms with van der Waals surface area (Å²) in [6, 6.07) is 10.3. The summed E-state index contributed by atoms with van der Waals surface area (Å²) in [6.45, 7) is 1.53. The normalized spacial score (nSPS) is 17.4. The number of nitrogens with zero attached hydrogens (tertiary/aromatic N) is 4. The lowest BCUT2D eigenvalue weighted by molar-refractivity contribution is 0.0953. The summed E-state index contributed by atoms with van der Waals surface area (Å²) < 4.78 is 7.88. The molecule has 2 aromatic heterocycles. The maximum Gasteiger partial charge on any atom is 0.192 e. The van der Waals surface area contributed by atoms with Gasteiger partial charge in [-0.05, 0) is 18.9 Å². The number of ether oxygens (including phenoxy) is 1. The number of aromatic amines is 1. The minimum absolute atomic E-state index is 0.186. The third kappa shape index (κ3) is 2.79. The molecule has 3 heterocycles. The summed E-state index contributed by atoms with van der Waals surface area (Å²) in [5.74, 6) is 1.18. The second-order valence-corrected chi connectivity index (χ2v) is 6.69. The molecule has 122 valence electrons. The van der Waals surface area contributed by atoms with Gasteiger partial charge in [-0.3, -0.25) is 4.57 Å². The molecule has 7 heteroatoms. The Hall–Kier alpha value is -2.30. The average Bonchev–Trinajstić information content (AvgIpc) is 3.33. The molecule has 24 heavy (non-hydrogen) atoms. The van der Waals surface area contributed by atoms with Gasteiger partial charge in [-0.2, -0.15) is 5.26 Å². The molecule has 1 aliphatic rings. The Labute approximate surface area is 143 Å². The van der Waals surface area contributed by atoms with Crippen LogP contribution in [0.2, 0.25) is 0 Å². The first kappa shape index (κ1) is 15.2. The summed E-state index contributed by atoms with van der Waals surface area (Å²) in [6.07, 6.45) is 4.30. The van der Waals surface area contributed by atoms with E-state index in [1.54, 1.807) is 0 Å². The Bertz CT molecular complexity index is 888. The van der Waals surface area contributed by atoms with Crippen LogP contribution in [-0.2, 0) is 11.3 Å². The highest BCUT2D eigenvalue weighted by Crippen LogP contribution is 2.31. The summed E-state index contributed by atoms with van der Waals surface area (Å²) in [4.78, 5) is 3.29. The highest BCUT2D eigenvalue weighted by atomic mass is 32.2. The van der Waals surface area contributed by atoms with E-state index < -0.39 is 0 Å². The number of benzene rings is 1. The summed E-state index contributed by atoms with van der Waals surface area (Å²) in [5.41, 5.74) is 2.10. The topological polar surface area (TPSA) is 79.5 Å². The molecular formula is C17H17N5OS. The molecule has 1 aromatic carbocycles. The number of rotatable bonds is 5. The van der Waals surface area contributed by atoms with Gasteiger partial charge in [0.05, 0.1) is 24.5 Å². The van der Waals surface area contributed by atoms with Crippen LogP contribution >= 0.6 is 11.8 Å². The number of H-pyrrole nitrogens is 1. The quantitative estimate of drug-likeness (QED) is 0.722. The van der Waals surface area contributed by atoms with Crippen LogP contribution in [0.4, 0.5) is 0 Å². The molecule has 0 saturated carbocycles. The van der Waals surface area contributed by atoms with E-state index in [9.17, 15) is 0 Å². The summed E-state index contributed by atoms with van der Waals surface area (Å²) in [7, 11) is 0. The number of fused-ring (bicyclic) bond motifs is 1. The monoisotopic (exact) mass is 339 g/mol. The van der Waals surface area contributed by atoms with Crippen molar-refractivity contribution in [2.75, 3.05) is 12.4 Å². The van der Waals surface area contributed by atoms with Crippen LogP contribution < -0.4 is 0 Å². The number of hydrogen-bond acceptors (Lipinski definition) is 5. The number of hydrogen-bond donors (Lipinski definition) is 1. The van der Waals surface area contributed by atoms with E-state index >= 15 is 0 Å². The number of nitriles is 1. The molecule has 1 fully saturated rings. The van der Waals surface area contributed by atoms with Crippen LogP contribution in [-0.4, -0.2) is 38.2 Å². The summed E-state index contributed by atoms with van der Waals surface area (Å²) in [5, 5.41) is 19.5. The van der Waals surface area contributed by atoms with Crippen molar-refractivity contribution in [1.82, 2.24) is 19.7 Å². The molecule has 1 atom stereocenters. The molecule has 1 N–H and O–H groups in total. The first-order valence-corrected chi connectivity index (χ1v) is 8.96. The second kappa shape index (κ2) is 6.67. The van der Waals surface area contributed by atoms with E-state index in [0.29, 0.717) is 5.75 Å². The molecule has 0 spiro atoms. The molecule has 6 nitrogen and oxygen atoms in total. The maximum atomic E-state index is 8.88. The molecule has 0 bridgehead atoms. The molecule has 3 aromatic rings. The van der Waals surface area contributed by atoms with Crippen molar-refractivity contribution in [2.45, 2.75) is 30.6 Å². The first-order chi connectivity index (χ1) is 11.9. The van der Waals surface area contributed by atoms with Crippen molar-refractivity contribution in [3.63, 3.8) is 0 Å². The van der Waals surface area contributed by atoms with Crippen molar-refractivity contribution in [2.24, 2.45) is 0 Å². The predicted molar refractivity (Wildman–Crippen MR) is 92.6 cm³/mol. The minimum Gasteiger partial charge on any atom is -0.376 e. The molecule has 1 aliphatic heterocycles. The summed E-state index contributed by atoms with van der Waals surface area (Å²) >= 11 is 1.42.